The molecule has 19 heavy (non-hydrogen) atoms. The molecule has 2 rings (SSSR count). The predicted octanol–water partition coefficient (Wildman–Crippen LogP) is 4.56. The zero-order valence-electron chi connectivity index (χ0n) is 12.1. The van der Waals surface area contributed by atoms with Crippen LogP contribution in [0.15, 0.2) is 18.2 Å². The van der Waals surface area contributed by atoms with Crippen LogP contribution in [-0.4, -0.2) is 16.7 Å². The molecule has 1 aromatic carbocycles. The monoisotopic (exact) mass is 280 g/mol. The Hall–Kier alpha value is -1.22. The van der Waals surface area contributed by atoms with Gasteiger partial charge in [0.15, 0.2) is 0 Å². The summed E-state index contributed by atoms with van der Waals surface area (Å²) in [6.07, 6.45) is 0. The average Bonchev–Trinajstić information content (AvgIpc) is 2.76. The minimum Gasteiger partial charge on any atom is -0.494 e. The van der Waals surface area contributed by atoms with Gasteiger partial charge in [-0.1, -0.05) is 19.9 Å². The van der Waals surface area contributed by atoms with Crippen LogP contribution in [0.1, 0.15) is 44.9 Å². The lowest BCUT2D eigenvalue weighted by Crippen LogP contribution is -2.14. The molecule has 0 spiro atoms. The molecule has 4 heteroatoms. The fraction of sp³-hybridized carbons (Fsp3) is 0.533. The molecule has 104 valence electrons. The van der Waals surface area contributed by atoms with Crippen LogP contribution in [-0.2, 0) is 0 Å². The van der Waals surface area contributed by atoms with Crippen molar-refractivity contribution < 1.29 is 4.74 Å². The fourth-order valence-electron chi connectivity index (χ4n) is 2.28. The SMILES string of the molecule is COc1cccc2c1nc(C(C)Cl)n2C(C)C(C)C. The van der Waals surface area contributed by atoms with Crippen LogP contribution in [0.2, 0.25) is 0 Å². The number of hydrogen-bond donors (Lipinski definition) is 0. The van der Waals surface area contributed by atoms with E-state index in [2.05, 4.69) is 31.4 Å². The number of fused-ring (bicyclic) bond motifs is 1. The summed E-state index contributed by atoms with van der Waals surface area (Å²) in [5.74, 6) is 2.21. The van der Waals surface area contributed by atoms with Crippen LogP contribution in [0.5, 0.6) is 5.75 Å². The van der Waals surface area contributed by atoms with Crippen molar-refractivity contribution >= 4 is 22.6 Å². The molecular weight excluding hydrogens is 260 g/mol. The van der Waals surface area contributed by atoms with E-state index in [-0.39, 0.29) is 5.38 Å². The highest BCUT2D eigenvalue weighted by Crippen LogP contribution is 2.34. The number of benzene rings is 1. The zero-order valence-corrected chi connectivity index (χ0v) is 12.9. The summed E-state index contributed by atoms with van der Waals surface area (Å²) in [6, 6.07) is 6.34. The van der Waals surface area contributed by atoms with Crippen molar-refractivity contribution in [3.8, 4) is 5.75 Å². The van der Waals surface area contributed by atoms with Crippen molar-refractivity contribution in [3.63, 3.8) is 0 Å². The van der Waals surface area contributed by atoms with Crippen LogP contribution in [0.3, 0.4) is 0 Å². The first-order chi connectivity index (χ1) is 8.97. The number of ether oxygens (including phenoxy) is 1. The van der Waals surface area contributed by atoms with Crippen molar-refractivity contribution in [1.82, 2.24) is 9.55 Å². The number of para-hydroxylation sites is 1. The van der Waals surface area contributed by atoms with Crippen molar-refractivity contribution in [2.75, 3.05) is 7.11 Å². The maximum absolute atomic E-state index is 6.30. The maximum atomic E-state index is 6.30. The Morgan fingerprint density at radius 1 is 1.21 bits per heavy atom. The van der Waals surface area contributed by atoms with Gasteiger partial charge in [0.05, 0.1) is 18.0 Å². The summed E-state index contributed by atoms with van der Waals surface area (Å²) >= 11 is 6.30. The Morgan fingerprint density at radius 2 is 1.89 bits per heavy atom. The first-order valence-corrected chi connectivity index (χ1v) is 7.10. The quantitative estimate of drug-likeness (QED) is 0.768. The number of imidazole rings is 1. The Kier molecular flexibility index (Phi) is 4.04. The molecule has 0 N–H and O–H groups in total. The smallest absolute Gasteiger partial charge is 0.146 e. The first kappa shape index (κ1) is 14.2. The molecular formula is C15H21ClN2O. The fourth-order valence-corrected chi connectivity index (χ4v) is 2.43. The molecule has 2 aromatic rings. The summed E-state index contributed by atoms with van der Waals surface area (Å²) in [6.45, 7) is 8.57. The average molecular weight is 281 g/mol. The van der Waals surface area contributed by atoms with Gasteiger partial charge in [0.25, 0.3) is 0 Å². The number of rotatable bonds is 4. The van der Waals surface area contributed by atoms with Crippen LogP contribution in [0.4, 0.5) is 0 Å². The molecule has 0 radical (unpaired) electrons. The van der Waals surface area contributed by atoms with Gasteiger partial charge >= 0.3 is 0 Å². The maximum Gasteiger partial charge on any atom is 0.146 e. The molecule has 0 saturated carbocycles. The Morgan fingerprint density at radius 3 is 2.42 bits per heavy atom. The van der Waals surface area contributed by atoms with Crippen LogP contribution >= 0.6 is 11.6 Å². The van der Waals surface area contributed by atoms with E-state index in [1.165, 1.54) is 0 Å². The summed E-state index contributed by atoms with van der Waals surface area (Å²) in [4.78, 5) is 4.69. The van der Waals surface area contributed by atoms with E-state index in [1.807, 2.05) is 19.1 Å². The van der Waals surface area contributed by atoms with Crippen molar-refractivity contribution in [3.05, 3.63) is 24.0 Å². The van der Waals surface area contributed by atoms with Gasteiger partial charge < -0.3 is 9.30 Å². The number of alkyl halides is 1. The Labute approximate surface area is 119 Å². The van der Waals surface area contributed by atoms with Crippen molar-refractivity contribution in [1.29, 1.82) is 0 Å². The molecule has 0 bridgehead atoms. The van der Waals surface area contributed by atoms with Gasteiger partial charge in [0.1, 0.15) is 17.1 Å². The van der Waals surface area contributed by atoms with E-state index in [0.29, 0.717) is 12.0 Å². The summed E-state index contributed by atoms with van der Waals surface area (Å²) in [5, 5.41) is -0.127. The molecule has 2 unspecified atom stereocenters. The third kappa shape index (κ3) is 2.44. The molecule has 0 saturated heterocycles. The molecule has 0 fully saturated rings. The van der Waals surface area contributed by atoms with Crippen LogP contribution in [0, 0.1) is 5.92 Å². The minimum atomic E-state index is -0.127. The highest BCUT2D eigenvalue weighted by molar-refractivity contribution is 6.20. The number of hydrogen-bond acceptors (Lipinski definition) is 2. The van der Waals surface area contributed by atoms with Gasteiger partial charge in [-0.2, -0.15) is 0 Å². The van der Waals surface area contributed by atoms with E-state index in [9.17, 15) is 0 Å². The number of methoxy groups -OCH3 is 1. The van der Waals surface area contributed by atoms with Gasteiger partial charge in [-0.25, -0.2) is 4.98 Å². The second kappa shape index (κ2) is 5.41. The second-order valence-corrected chi connectivity index (χ2v) is 5.92. The lowest BCUT2D eigenvalue weighted by Gasteiger charge is -2.22. The standard InChI is InChI=1S/C15H21ClN2O/c1-9(2)11(4)18-12-7-6-8-13(19-5)14(12)17-15(18)10(3)16/h6-11H,1-5H3. The van der Waals surface area contributed by atoms with E-state index >= 15 is 0 Å². The van der Waals surface area contributed by atoms with Gasteiger partial charge in [-0.15, -0.1) is 11.6 Å². The normalized spacial score (nSPS) is 14.9. The van der Waals surface area contributed by atoms with Crippen LogP contribution < -0.4 is 4.74 Å². The molecule has 1 aromatic heterocycles. The minimum absolute atomic E-state index is 0.127. The van der Waals surface area contributed by atoms with Gasteiger partial charge in [-0.05, 0) is 31.9 Å². The summed E-state index contributed by atoms with van der Waals surface area (Å²) < 4.78 is 7.63. The molecule has 1 heterocycles. The van der Waals surface area contributed by atoms with E-state index in [1.54, 1.807) is 7.11 Å². The van der Waals surface area contributed by atoms with Gasteiger partial charge in [0, 0.05) is 6.04 Å². The van der Waals surface area contributed by atoms with E-state index < -0.39 is 0 Å². The molecule has 0 aliphatic carbocycles. The second-order valence-electron chi connectivity index (χ2n) is 5.27. The van der Waals surface area contributed by atoms with E-state index in [4.69, 9.17) is 21.3 Å². The highest BCUT2D eigenvalue weighted by Gasteiger charge is 2.22. The Bertz CT molecular complexity index is 575. The third-order valence-corrected chi connectivity index (χ3v) is 3.85. The molecule has 3 nitrogen and oxygen atoms in total. The summed E-state index contributed by atoms with van der Waals surface area (Å²) in [5.41, 5.74) is 1.98. The zero-order chi connectivity index (χ0) is 14.2. The highest BCUT2D eigenvalue weighted by atomic mass is 35.5. The largest absolute Gasteiger partial charge is 0.494 e. The van der Waals surface area contributed by atoms with Gasteiger partial charge in [-0.3, -0.25) is 0 Å². The lowest BCUT2D eigenvalue weighted by atomic mass is 10.1. The first-order valence-electron chi connectivity index (χ1n) is 6.66. The van der Waals surface area contributed by atoms with Crippen molar-refractivity contribution in [2.45, 2.75) is 39.1 Å². The third-order valence-electron chi connectivity index (χ3n) is 3.66. The number of halogens is 1. The van der Waals surface area contributed by atoms with Gasteiger partial charge in [0.2, 0.25) is 0 Å². The lowest BCUT2D eigenvalue weighted by molar-refractivity contribution is 0.405. The molecule has 0 aliphatic heterocycles. The Balaban J connectivity index is 2.74. The molecule has 0 aliphatic rings. The molecule has 2 atom stereocenters. The predicted molar refractivity (Wildman–Crippen MR) is 80.1 cm³/mol. The van der Waals surface area contributed by atoms with Crippen molar-refractivity contribution in [2.24, 2.45) is 5.92 Å². The molecule has 0 amide bonds. The number of nitrogens with zero attached hydrogens (tertiary/aromatic N) is 2. The summed E-state index contributed by atoms with van der Waals surface area (Å²) in [7, 11) is 1.67. The number of aromatic nitrogens is 2. The topological polar surface area (TPSA) is 27.1 Å². The van der Waals surface area contributed by atoms with Crippen LogP contribution in [0.25, 0.3) is 11.0 Å². The van der Waals surface area contributed by atoms with E-state index in [0.717, 1.165) is 22.6 Å².